The molecule has 6 heteroatoms. The summed E-state index contributed by atoms with van der Waals surface area (Å²) in [4.78, 5) is 3.17. The molecular weight excluding hydrogens is 354 g/mol. The summed E-state index contributed by atoms with van der Waals surface area (Å²) in [7, 11) is 2.03. The van der Waals surface area contributed by atoms with Gasteiger partial charge in [-0.25, -0.2) is 0 Å². The van der Waals surface area contributed by atoms with Crippen molar-refractivity contribution in [1.82, 2.24) is 0 Å². The van der Waals surface area contributed by atoms with Crippen LogP contribution < -0.4 is 10.6 Å². The summed E-state index contributed by atoms with van der Waals surface area (Å²) in [5.74, 6) is 0.114. The number of thioether (sulfide) groups is 1. The van der Waals surface area contributed by atoms with Crippen LogP contribution in [-0.2, 0) is 6.54 Å². The van der Waals surface area contributed by atoms with E-state index in [2.05, 4.69) is 32.3 Å². The monoisotopic (exact) mass is 369 g/mol. The Hall–Kier alpha value is -0.980. The lowest BCUT2D eigenvalue weighted by Gasteiger charge is -2.23. The van der Waals surface area contributed by atoms with Crippen LogP contribution in [0.15, 0.2) is 38.3 Å². The van der Waals surface area contributed by atoms with Gasteiger partial charge in [0.15, 0.2) is 0 Å². The Morgan fingerprint density at radius 2 is 2.25 bits per heavy atom. The molecule has 1 heterocycles. The standard InChI is InChI=1S/C14H16BrN3S2/c1-18(7-9-6-12(15)20-8-9)10-4-3-5-11(19-2)13(10)14(16)17/h3-6,8H,7H2,1-2H3,(H3,16,17). The van der Waals surface area contributed by atoms with E-state index in [1.807, 2.05) is 31.5 Å². The highest BCUT2D eigenvalue weighted by Gasteiger charge is 2.14. The van der Waals surface area contributed by atoms with Crippen LogP contribution in [0.1, 0.15) is 11.1 Å². The first-order valence-corrected chi connectivity index (χ1v) is 8.88. The zero-order valence-electron chi connectivity index (χ0n) is 11.3. The van der Waals surface area contributed by atoms with Gasteiger partial charge in [-0.05, 0) is 51.3 Å². The molecule has 0 aliphatic carbocycles. The van der Waals surface area contributed by atoms with Crippen LogP contribution in [0.4, 0.5) is 5.69 Å². The van der Waals surface area contributed by atoms with E-state index in [1.54, 1.807) is 23.1 Å². The van der Waals surface area contributed by atoms with E-state index in [0.29, 0.717) is 0 Å². The zero-order chi connectivity index (χ0) is 14.7. The van der Waals surface area contributed by atoms with Crippen molar-refractivity contribution in [3.05, 3.63) is 44.6 Å². The summed E-state index contributed by atoms with van der Waals surface area (Å²) >= 11 is 6.77. The summed E-state index contributed by atoms with van der Waals surface area (Å²) in [6, 6.07) is 8.14. The molecule has 3 nitrogen and oxygen atoms in total. The second-order valence-corrected chi connectivity index (χ2v) is 7.52. The Morgan fingerprint density at radius 3 is 2.80 bits per heavy atom. The van der Waals surface area contributed by atoms with E-state index in [1.165, 1.54) is 5.56 Å². The van der Waals surface area contributed by atoms with Crippen molar-refractivity contribution in [2.75, 3.05) is 18.2 Å². The van der Waals surface area contributed by atoms with E-state index in [-0.39, 0.29) is 5.84 Å². The van der Waals surface area contributed by atoms with Crippen LogP contribution in [0.25, 0.3) is 0 Å². The SMILES string of the molecule is CSc1cccc(N(C)Cc2csc(Br)c2)c1C(=N)N. The third-order valence-electron chi connectivity index (χ3n) is 2.95. The van der Waals surface area contributed by atoms with Gasteiger partial charge in [-0.15, -0.1) is 23.1 Å². The van der Waals surface area contributed by atoms with Crippen molar-refractivity contribution in [1.29, 1.82) is 5.41 Å². The van der Waals surface area contributed by atoms with Gasteiger partial charge < -0.3 is 10.6 Å². The third kappa shape index (κ3) is 3.37. The Bertz CT molecular complexity index is 625. The fraction of sp³-hybridized carbons (Fsp3) is 0.214. The molecule has 0 aliphatic heterocycles. The number of rotatable bonds is 5. The van der Waals surface area contributed by atoms with Gasteiger partial charge in [-0.2, -0.15) is 0 Å². The van der Waals surface area contributed by atoms with Crippen LogP contribution in [0.5, 0.6) is 0 Å². The molecule has 2 rings (SSSR count). The molecule has 0 amide bonds. The Morgan fingerprint density at radius 1 is 1.50 bits per heavy atom. The first-order chi connectivity index (χ1) is 9.52. The first-order valence-electron chi connectivity index (χ1n) is 5.98. The number of thiophene rings is 1. The van der Waals surface area contributed by atoms with Crippen LogP contribution in [0, 0.1) is 5.41 Å². The van der Waals surface area contributed by atoms with Crippen molar-refractivity contribution < 1.29 is 0 Å². The minimum atomic E-state index is 0.114. The van der Waals surface area contributed by atoms with E-state index < -0.39 is 0 Å². The first kappa shape index (κ1) is 15.4. The second-order valence-electron chi connectivity index (χ2n) is 4.38. The maximum absolute atomic E-state index is 7.83. The van der Waals surface area contributed by atoms with E-state index >= 15 is 0 Å². The number of amidine groups is 1. The largest absolute Gasteiger partial charge is 0.384 e. The fourth-order valence-electron chi connectivity index (χ4n) is 2.07. The number of nitrogens with zero attached hydrogens (tertiary/aromatic N) is 1. The number of nitrogens with two attached hydrogens (primary N) is 1. The predicted molar refractivity (Wildman–Crippen MR) is 93.4 cm³/mol. The smallest absolute Gasteiger partial charge is 0.126 e. The highest BCUT2D eigenvalue weighted by atomic mass is 79.9. The molecule has 0 fully saturated rings. The molecule has 0 saturated carbocycles. The van der Waals surface area contributed by atoms with Gasteiger partial charge in [-0.1, -0.05) is 6.07 Å². The normalized spacial score (nSPS) is 10.6. The van der Waals surface area contributed by atoms with E-state index in [4.69, 9.17) is 11.1 Å². The van der Waals surface area contributed by atoms with Crippen molar-refractivity contribution in [2.45, 2.75) is 11.4 Å². The Kier molecular flexibility index (Phi) is 5.12. The number of benzene rings is 1. The topological polar surface area (TPSA) is 53.1 Å². The number of nitrogens with one attached hydrogen (secondary N) is 1. The molecule has 1 aromatic carbocycles. The quantitative estimate of drug-likeness (QED) is 0.472. The predicted octanol–water partition coefficient (Wildman–Crippen LogP) is 4.15. The van der Waals surface area contributed by atoms with Gasteiger partial charge in [0.2, 0.25) is 0 Å². The van der Waals surface area contributed by atoms with Gasteiger partial charge in [0.05, 0.1) is 9.35 Å². The number of halogens is 1. The van der Waals surface area contributed by atoms with E-state index in [0.717, 1.165) is 26.5 Å². The van der Waals surface area contributed by atoms with Gasteiger partial charge in [0.1, 0.15) is 5.84 Å². The summed E-state index contributed by atoms with van der Waals surface area (Å²) < 4.78 is 1.13. The molecule has 2 aromatic rings. The maximum Gasteiger partial charge on any atom is 0.126 e. The molecule has 0 aliphatic rings. The van der Waals surface area contributed by atoms with E-state index in [9.17, 15) is 0 Å². The number of anilines is 1. The molecular formula is C14H16BrN3S2. The number of nitrogen functional groups attached to an aromatic ring is 1. The minimum Gasteiger partial charge on any atom is -0.384 e. The third-order valence-corrected chi connectivity index (χ3v) is 5.28. The molecule has 3 N–H and O–H groups in total. The molecule has 20 heavy (non-hydrogen) atoms. The van der Waals surface area contributed by atoms with Crippen LogP contribution >= 0.6 is 39.0 Å². The summed E-state index contributed by atoms with van der Waals surface area (Å²) in [6.45, 7) is 0.792. The summed E-state index contributed by atoms with van der Waals surface area (Å²) in [5.41, 5.74) is 8.82. The van der Waals surface area contributed by atoms with Gasteiger partial charge in [-0.3, -0.25) is 5.41 Å². The van der Waals surface area contributed by atoms with Crippen molar-refractivity contribution >= 4 is 50.6 Å². The highest BCUT2D eigenvalue weighted by molar-refractivity contribution is 9.11. The lowest BCUT2D eigenvalue weighted by atomic mass is 10.1. The molecule has 0 radical (unpaired) electrons. The number of hydrogen-bond acceptors (Lipinski definition) is 4. The van der Waals surface area contributed by atoms with Crippen LogP contribution in [0.2, 0.25) is 0 Å². The zero-order valence-corrected chi connectivity index (χ0v) is 14.5. The van der Waals surface area contributed by atoms with Crippen molar-refractivity contribution in [3.8, 4) is 0 Å². The van der Waals surface area contributed by atoms with Gasteiger partial charge >= 0.3 is 0 Å². The second kappa shape index (κ2) is 6.65. The minimum absolute atomic E-state index is 0.114. The van der Waals surface area contributed by atoms with Crippen LogP contribution in [0.3, 0.4) is 0 Å². The van der Waals surface area contributed by atoms with Crippen LogP contribution in [-0.4, -0.2) is 19.1 Å². The lowest BCUT2D eigenvalue weighted by Crippen LogP contribution is -2.22. The molecule has 1 aromatic heterocycles. The summed E-state index contributed by atoms with van der Waals surface area (Å²) in [5, 5.41) is 9.96. The molecule has 0 saturated heterocycles. The van der Waals surface area contributed by atoms with Gasteiger partial charge in [0.25, 0.3) is 0 Å². The number of hydrogen-bond donors (Lipinski definition) is 2. The average Bonchev–Trinajstić information content (AvgIpc) is 2.82. The van der Waals surface area contributed by atoms with Crippen molar-refractivity contribution in [2.24, 2.45) is 5.73 Å². The fourth-order valence-corrected chi connectivity index (χ4v) is 3.90. The summed E-state index contributed by atoms with van der Waals surface area (Å²) in [6.07, 6.45) is 2.00. The maximum atomic E-state index is 7.83. The average molecular weight is 370 g/mol. The Labute approximate surface area is 135 Å². The lowest BCUT2D eigenvalue weighted by molar-refractivity contribution is 0.922. The molecule has 0 atom stereocenters. The van der Waals surface area contributed by atoms with Gasteiger partial charge in [0, 0.05) is 24.2 Å². The van der Waals surface area contributed by atoms with Crippen molar-refractivity contribution in [3.63, 3.8) is 0 Å². The highest BCUT2D eigenvalue weighted by Crippen LogP contribution is 2.30. The Balaban J connectivity index is 2.34. The molecule has 0 unspecified atom stereocenters. The molecule has 0 spiro atoms. The molecule has 106 valence electrons. The molecule has 0 bridgehead atoms.